The highest BCUT2D eigenvalue weighted by Crippen LogP contribution is 2.35. The monoisotopic (exact) mass is 528 g/mol. The number of nitrogens with two attached hydrogens (primary N) is 1. The number of aliphatic hydroxyl groups excluding tert-OH is 1. The van der Waals surface area contributed by atoms with Crippen molar-refractivity contribution in [2.45, 2.75) is 76.3 Å². The van der Waals surface area contributed by atoms with E-state index in [1.165, 1.54) is 4.90 Å². The summed E-state index contributed by atoms with van der Waals surface area (Å²) in [5.41, 5.74) is 8.38. The first-order chi connectivity index (χ1) is 18.2. The highest BCUT2D eigenvalue weighted by Gasteiger charge is 2.40. The molecule has 3 atom stereocenters. The predicted molar refractivity (Wildman–Crippen MR) is 139 cm³/mol. The second-order valence-electron chi connectivity index (χ2n) is 9.82. The Balaban J connectivity index is 1.62. The Labute approximate surface area is 220 Å². The lowest BCUT2D eigenvalue weighted by Gasteiger charge is -2.40. The minimum atomic E-state index is -2.95. The lowest BCUT2D eigenvalue weighted by atomic mass is 9.87. The normalized spacial score (nSPS) is 21.3. The first-order valence-electron chi connectivity index (χ1n) is 12.9. The Kier molecular flexibility index (Phi) is 8.42. The van der Waals surface area contributed by atoms with Gasteiger partial charge in [-0.3, -0.25) is 14.5 Å². The number of hydrogen-bond donors (Lipinski definition) is 3. The van der Waals surface area contributed by atoms with Gasteiger partial charge in [-0.1, -0.05) is 50.2 Å². The molecule has 4 rings (SSSR count). The van der Waals surface area contributed by atoms with E-state index in [0.717, 1.165) is 11.1 Å². The zero-order chi connectivity index (χ0) is 27.4. The highest BCUT2D eigenvalue weighted by atomic mass is 19.3. The lowest BCUT2D eigenvalue weighted by Crippen LogP contribution is -2.52. The maximum Gasteiger partial charge on any atom is 0.345 e. The minimum Gasteiger partial charge on any atom is -0.390 e. The molecule has 0 saturated carbocycles. The van der Waals surface area contributed by atoms with Crippen LogP contribution in [-0.4, -0.2) is 52.6 Å². The molecule has 8 nitrogen and oxygen atoms in total. The standard InChI is InChI=1S/C28H34F2N4O4/c1-3-28(4-2)16-23(36)34(27(31)33-28)21(12-13-38-26(29)30)18-9-7-10-19(14-18)25(37)32-24-20-11-6-5-8-17(20)15-22(24)35/h5-11,14,21-22,24,26,35H,3-4,12-13,15-16H2,1-2H3,(H2,31,33)(H,32,37)/t21?,22-,24-/m1/s1. The number of ether oxygens (including phenoxy) is 1. The molecule has 38 heavy (non-hydrogen) atoms. The number of nitrogens with one attached hydrogen (secondary N) is 1. The number of rotatable bonds is 10. The average Bonchev–Trinajstić information content (AvgIpc) is 3.21. The van der Waals surface area contributed by atoms with Crippen molar-refractivity contribution in [3.8, 4) is 0 Å². The van der Waals surface area contributed by atoms with E-state index in [-0.39, 0.29) is 31.3 Å². The fraction of sp³-hybridized carbons (Fsp3) is 0.464. The number of aliphatic hydroxyl groups is 1. The molecule has 0 spiro atoms. The van der Waals surface area contributed by atoms with Crippen LogP contribution in [0.1, 0.15) is 78.7 Å². The van der Waals surface area contributed by atoms with Gasteiger partial charge in [-0.2, -0.15) is 8.78 Å². The number of amides is 2. The number of carbonyl (C=O) groups is 2. The largest absolute Gasteiger partial charge is 0.390 e. The van der Waals surface area contributed by atoms with Crippen LogP contribution in [-0.2, 0) is 16.0 Å². The molecule has 10 heteroatoms. The van der Waals surface area contributed by atoms with Crippen LogP contribution in [0.3, 0.4) is 0 Å². The topological polar surface area (TPSA) is 117 Å². The fourth-order valence-electron chi connectivity index (χ4n) is 5.40. The summed E-state index contributed by atoms with van der Waals surface area (Å²) in [5, 5.41) is 13.4. The molecule has 2 aromatic rings. The first-order valence-corrected chi connectivity index (χ1v) is 12.9. The molecule has 4 N–H and O–H groups in total. The third kappa shape index (κ3) is 5.71. The number of aliphatic imine (C=N–C) groups is 1. The van der Waals surface area contributed by atoms with Crippen LogP contribution in [0.25, 0.3) is 0 Å². The van der Waals surface area contributed by atoms with Crippen molar-refractivity contribution in [1.29, 1.82) is 0 Å². The van der Waals surface area contributed by atoms with Crippen LogP contribution in [0.5, 0.6) is 0 Å². The summed E-state index contributed by atoms with van der Waals surface area (Å²) in [7, 11) is 0. The van der Waals surface area contributed by atoms with Crippen molar-refractivity contribution >= 4 is 17.8 Å². The van der Waals surface area contributed by atoms with Gasteiger partial charge < -0.3 is 20.9 Å². The number of nitrogens with zero attached hydrogens (tertiary/aromatic N) is 2. The van der Waals surface area contributed by atoms with E-state index in [1.54, 1.807) is 24.3 Å². The number of guanidine groups is 1. The molecule has 1 heterocycles. The molecule has 0 saturated heterocycles. The Bertz CT molecular complexity index is 1200. The quantitative estimate of drug-likeness (QED) is 0.433. The molecular weight excluding hydrogens is 494 g/mol. The molecule has 1 aliphatic carbocycles. The van der Waals surface area contributed by atoms with E-state index in [0.29, 0.717) is 30.4 Å². The zero-order valence-electron chi connectivity index (χ0n) is 21.6. The average molecular weight is 529 g/mol. The van der Waals surface area contributed by atoms with Gasteiger partial charge in [0.15, 0.2) is 5.96 Å². The number of carbonyl (C=O) groups excluding carboxylic acids is 2. The van der Waals surface area contributed by atoms with Crippen LogP contribution in [0, 0.1) is 0 Å². The van der Waals surface area contributed by atoms with Gasteiger partial charge in [0.2, 0.25) is 5.91 Å². The molecule has 0 bridgehead atoms. The number of hydrogen-bond acceptors (Lipinski definition) is 6. The Morgan fingerprint density at radius 1 is 1.24 bits per heavy atom. The smallest absolute Gasteiger partial charge is 0.345 e. The number of benzene rings is 2. The van der Waals surface area contributed by atoms with Crippen LogP contribution < -0.4 is 11.1 Å². The molecular formula is C28H34F2N4O4. The molecule has 0 fully saturated rings. The number of alkyl halides is 2. The van der Waals surface area contributed by atoms with Crippen molar-refractivity contribution in [1.82, 2.24) is 10.2 Å². The summed E-state index contributed by atoms with van der Waals surface area (Å²) >= 11 is 0. The predicted octanol–water partition coefficient (Wildman–Crippen LogP) is 3.85. The molecule has 2 aromatic carbocycles. The summed E-state index contributed by atoms with van der Waals surface area (Å²) in [5.74, 6) is -0.644. The van der Waals surface area contributed by atoms with Crippen LogP contribution >= 0.6 is 0 Å². The summed E-state index contributed by atoms with van der Waals surface area (Å²) in [4.78, 5) is 32.5. The first kappa shape index (κ1) is 27.7. The Morgan fingerprint density at radius 3 is 2.66 bits per heavy atom. The SMILES string of the molecule is CCC1(CC)CC(=O)N(C(CCOC(F)F)c2cccc(C(=O)N[C@@H]3c4ccccc4C[C@H]3O)c2)C(N)=N1. The van der Waals surface area contributed by atoms with E-state index >= 15 is 0 Å². The van der Waals surface area contributed by atoms with E-state index in [4.69, 9.17) is 5.73 Å². The Morgan fingerprint density at radius 2 is 1.97 bits per heavy atom. The fourth-order valence-corrected chi connectivity index (χ4v) is 5.40. The van der Waals surface area contributed by atoms with Crippen LogP contribution in [0.15, 0.2) is 53.5 Å². The van der Waals surface area contributed by atoms with Gasteiger partial charge in [-0.05, 0) is 48.1 Å². The van der Waals surface area contributed by atoms with Crippen LogP contribution in [0.2, 0.25) is 0 Å². The molecule has 0 radical (unpaired) electrons. The zero-order valence-corrected chi connectivity index (χ0v) is 21.6. The van der Waals surface area contributed by atoms with Crippen LogP contribution in [0.4, 0.5) is 8.78 Å². The second-order valence-corrected chi connectivity index (χ2v) is 9.82. The van der Waals surface area contributed by atoms with Crippen molar-refractivity contribution in [3.63, 3.8) is 0 Å². The van der Waals surface area contributed by atoms with Gasteiger partial charge in [-0.15, -0.1) is 0 Å². The summed E-state index contributed by atoms with van der Waals surface area (Å²) in [6, 6.07) is 12.8. The van der Waals surface area contributed by atoms with E-state index in [2.05, 4.69) is 15.0 Å². The van der Waals surface area contributed by atoms with Crippen molar-refractivity contribution < 1.29 is 28.2 Å². The Hall–Kier alpha value is -3.37. The third-order valence-corrected chi connectivity index (χ3v) is 7.63. The maximum absolute atomic E-state index is 13.3. The number of halogens is 2. The minimum absolute atomic E-state index is 0.0209. The summed E-state index contributed by atoms with van der Waals surface area (Å²) < 4.78 is 30.0. The molecule has 1 unspecified atom stereocenters. The maximum atomic E-state index is 13.3. The van der Waals surface area contributed by atoms with E-state index in [1.807, 2.05) is 38.1 Å². The number of fused-ring (bicyclic) bond motifs is 1. The lowest BCUT2D eigenvalue weighted by molar-refractivity contribution is -0.137. The van der Waals surface area contributed by atoms with Gasteiger partial charge >= 0.3 is 6.61 Å². The van der Waals surface area contributed by atoms with Gasteiger partial charge in [0.1, 0.15) is 0 Å². The molecule has 204 valence electrons. The summed E-state index contributed by atoms with van der Waals surface area (Å²) in [6.07, 6.45) is 1.13. The van der Waals surface area contributed by atoms with Gasteiger partial charge in [-0.25, -0.2) is 4.99 Å². The molecule has 1 aliphatic heterocycles. The van der Waals surface area contributed by atoms with Gasteiger partial charge in [0.25, 0.3) is 5.91 Å². The van der Waals surface area contributed by atoms with Crippen molar-refractivity contribution in [3.05, 3.63) is 70.8 Å². The second kappa shape index (κ2) is 11.6. The molecule has 2 amide bonds. The highest BCUT2D eigenvalue weighted by molar-refractivity contribution is 6.00. The van der Waals surface area contributed by atoms with Crippen molar-refractivity contribution in [2.75, 3.05) is 6.61 Å². The van der Waals surface area contributed by atoms with E-state index < -0.39 is 36.2 Å². The molecule has 0 aromatic heterocycles. The van der Waals surface area contributed by atoms with Crippen molar-refractivity contribution in [2.24, 2.45) is 10.7 Å². The van der Waals surface area contributed by atoms with Gasteiger partial charge in [0, 0.05) is 12.0 Å². The van der Waals surface area contributed by atoms with Gasteiger partial charge in [0.05, 0.1) is 36.8 Å². The third-order valence-electron chi connectivity index (χ3n) is 7.63. The molecule has 2 aliphatic rings. The summed E-state index contributed by atoms with van der Waals surface area (Å²) in [6.45, 7) is 0.607. The van der Waals surface area contributed by atoms with E-state index in [9.17, 15) is 23.5 Å².